The molecule has 9 heteroatoms. The summed E-state index contributed by atoms with van der Waals surface area (Å²) in [7, 11) is 5.17. The predicted molar refractivity (Wildman–Crippen MR) is 110 cm³/mol. The van der Waals surface area contributed by atoms with Gasteiger partial charge in [-0.3, -0.25) is 19.7 Å². The Bertz CT molecular complexity index is 843. The highest BCUT2D eigenvalue weighted by Crippen LogP contribution is 2.32. The molecule has 0 heterocycles. The number of hydrogen-bond donors (Lipinski definition) is 1. The Kier molecular flexibility index (Phi) is 8.56. The topological polar surface area (TPSA) is 95.8 Å². The normalized spacial score (nSPS) is 10.1. The molecule has 0 aliphatic heterocycles. The SMILES string of the molecule is CN(C)CCNC(=O)c1cccc(N(C)C(=O)c2ccccc2)c1[N+](=O)[O-].Cl. The number of benzene rings is 2. The van der Waals surface area contributed by atoms with Gasteiger partial charge in [-0.05, 0) is 38.4 Å². The van der Waals surface area contributed by atoms with E-state index < -0.39 is 22.4 Å². The van der Waals surface area contributed by atoms with Crippen LogP contribution in [0.5, 0.6) is 0 Å². The van der Waals surface area contributed by atoms with Gasteiger partial charge in [0.1, 0.15) is 11.3 Å². The van der Waals surface area contributed by atoms with Gasteiger partial charge in [-0.15, -0.1) is 12.4 Å². The van der Waals surface area contributed by atoms with Gasteiger partial charge in [0, 0.05) is 25.7 Å². The van der Waals surface area contributed by atoms with E-state index in [1.54, 1.807) is 30.3 Å². The van der Waals surface area contributed by atoms with Crippen LogP contribution in [-0.2, 0) is 0 Å². The number of amides is 2. The lowest BCUT2D eigenvalue weighted by Gasteiger charge is -2.18. The summed E-state index contributed by atoms with van der Waals surface area (Å²) in [5.41, 5.74) is -0.0140. The van der Waals surface area contributed by atoms with Crippen molar-refractivity contribution < 1.29 is 14.5 Å². The quantitative estimate of drug-likeness (QED) is 0.563. The number of nitrogens with one attached hydrogen (secondary N) is 1. The number of para-hydroxylation sites is 1. The zero-order chi connectivity index (χ0) is 20.0. The Labute approximate surface area is 169 Å². The van der Waals surface area contributed by atoms with Crippen molar-refractivity contribution in [1.82, 2.24) is 10.2 Å². The standard InChI is InChI=1S/C19H22N4O4.ClH/c1-21(2)13-12-20-18(24)15-10-7-11-16(17(15)23(26)27)22(3)19(25)14-8-5-4-6-9-14;/h4-11H,12-13H2,1-3H3,(H,20,24);1H. The van der Waals surface area contributed by atoms with Crippen molar-refractivity contribution in [2.75, 3.05) is 39.1 Å². The average molecular weight is 407 g/mol. The second-order valence-electron chi connectivity index (χ2n) is 6.22. The van der Waals surface area contributed by atoms with Gasteiger partial charge in [-0.2, -0.15) is 0 Å². The van der Waals surface area contributed by atoms with Gasteiger partial charge >= 0.3 is 5.69 Å². The van der Waals surface area contributed by atoms with E-state index in [0.29, 0.717) is 18.7 Å². The maximum Gasteiger partial charge on any atom is 0.305 e. The summed E-state index contributed by atoms with van der Waals surface area (Å²) in [6, 6.07) is 12.8. The third-order valence-corrected chi connectivity index (χ3v) is 3.97. The van der Waals surface area contributed by atoms with E-state index in [2.05, 4.69) is 5.32 Å². The number of anilines is 1. The molecule has 0 unspecified atom stereocenters. The van der Waals surface area contributed by atoms with E-state index in [4.69, 9.17) is 0 Å². The van der Waals surface area contributed by atoms with Crippen molar-refractivity contribution in [2.24, 2.45) is 0 Å². The van der Waals surface area contributed by atoms with Crippen LogP contribution < -0.4 is 10.2 Å². The smallest absolute Gasteiger partial charge is 0.305 e. The number of carbonyl (C=O) groups is 2. The fraction of sp³-hybridized carbons (Fsp3) is 0.263. The monoisotopic (exact) mass is 406 g/mol. The first-order valence-electron chi connectivity index (χ1n) is 8.36. The lowest BCUT2D eigenvalue weighted by molar-refractivity contribution is -0.384. The molecule has 0 saturated heterocycles. The van der Waals surface area contributed by atoms with Gasteiger partial charge in [0.15, 0.2) is 0 Å². The van der Waals surface area contributed by atoms with E-state index in [9.17, 15) is 19.7 Å². The largest absolute Gasteiger partial charge is 0.351 e. The Morgan fingerprint density at radius 2 is 1.68 bits per heavy atom. The number of nitro groups is 1. The highest BCUT2D eigenvalue weighted by Gasteiger charge is 2.28. The number of nitrogens with zero attached hydrogens (tertiary/aromatic N) is 3. The van der Waals surface area contributed by atoms with E-state index in [-0.39, 0.29) is 23.7 Å². The first-order valence-corrected chi connectivity index (χ1v) is 8.36. The van der Waals surface area contributed by atoms with Gasteiger partial charge < -0.3 is 15.1 Å². The number of carbonyl (C=O) groups excluding carboxylic acids is 2. The number of likely N-dealkylation sites (N-methyl/N-ethyl adjacent to an activating group) is 1. The molecule has 0 bridgehead atoms. The Balaban J connectivity index is 0.00000392. The van der Waals surface area contributed by atoms with Crippen molar-refractivity contribution in [3.05, 3.63) is 69.8 Å². The van der Waals surface area contributed by atoms with Crippen LogP contribution in [-0.4, -0.2) is 55.9 Å². The van der Waals surface area contributed by atoms with Crippen LogP contribution in [0, 0.1) is 10.1 Å². The van der Waals surface area contributed by atoms with E-state index in [1.165, 1.54) is 30.1 Å². The van der Waals surface area contributed by atoms with Gasteiger partial charge in [-0.1, -0.05) is 24.3 Å². The van der Waals surface area contributed by atoms with E-state index >= 15 is 0 Å². The maximum atomic E-state index is 12.6. The summed E-state index contributed by atoms with van der Waals surface area (Å²) in [4.78, 5) is 39.2. The average Bonchev–Trinajstić information content (AvgIpc) is 2.66. The molecule has 8 nitrogen and oxygen atoms in total. The molecule has 150 valence electrons. The Morgan fingerprint density at radius 1 is 1.04 bits per heavy atom. The van der Waals surface area contributed by atoms with Gasteiger partial charge in [-0.25, -0.2) is 0 Å². The number of nitro benzene ring substituents is 1. The summed E-state index contributed by atoms with van der Waals surface area (Å²) < 4.78 is 0. The molecular formula is C19H23ClN4O4. The summed E-state index contributed by atoms with van der Waals surface area (Å²) in [5.74, 6) is -0.949. The van der Waals surface area contributed by atoms with Crippen LogP contribution in [0.25, 0.3) is 0 Å². The number of halogens is 1. The first kappa shape index (κ1) is 23.1. The fourth-order valence-corrected chi connectivity index (χ4v) is 2.55. The number of hydrogen-bond acceptors (Lipinski definition) is 5. The van der Waals surface area contributed by atoms with Gasteiger partial charge in [0.05, 0.1) is 4.92 Å². The third kappa shape index (κ3) is 5.51. The summed E-state index contributed by atoms with van der Waals surface area (Å²) in [6.45, 7) is 0.956. The number of rotatable bonds is 7. The van der Waals surface area contributed by atoms with Crippen LogP contribution in [0.15, 0.2) is 48.5 Å². The van der Waals surface area contributed by atoms with Crippen LogP contribution >= 0.6 is 12.4 Å². The molecule has 2 rings (SSSR count). The molecule has 28 heavy (non-hydrogen) atoms. The molecule has 0 aromatic heterocycles. The highest BCUT2D eigenvalue weighted by atomic mass is 35.5. The minimum atomic E-state index is -0.634. The molecule has 2 aromatic carbocycles. The van der Waals surface area contributed by atoms with Crippen LogP contribution in [0.3, 0.4) is 0 Å². The predicted octanol–water partition coefficient (Wildman–Crippen LogP) is 2.58. The van der Waals surface area contributed by atoms with Crippen molar-refractivity contribution in [1.29, 1.82) is 0 Å². The molecule has 0 radical (unpaired) electrons. The van der Waals surface area contributed by atoms with Gasteiger partial charge in [0.2, 0.25) is 0 Å². The van der Waals surface area contributed by atoms with Crippen molar-refractivity contribution >= 4 is 35.6 Å². The van der Waals surface area contributed by atoms with Crippen molar-refractivity contribution in [2.45, 2.75) is 0 Å². The molecule has 0 fully saturated rings. The van der Waals surface area contributed by atoms with Gasteiger partial charge in [0.25, 0.3) is 11.8 Å². The van der Waals surface area contributed by atoms with Crippen molar-refractivity contribution in [3.8, 4) is 0 Å². The fourth-order valence-electron chi connectivity index (χ4n) is 2.55. The molecule has 2 amide bonds. The lowest BCUT2D eigenvalue weighted by Crippen LogP contribution is -2.32. The molecular weight excluding hydrogens is 384 g/mol. The summed E-state index contributed by atoms with van der Waals surface area (Å²) >= 11 is 0. The van der Waals surface area contributed by atoms with E-state index in [0.717, 1.165) is 0 Å². The Hall–Kier alpha value is -2.97. The zero-order valence-corrected chi connectivity index (χ0v) is 16.7. The second-order valence-corrected chi connectivity index (χ2v) is 6.22. The maximum absolute atomic E-state index is 12.6. The molecule has 0 aliphatic carbocycles. The minimum absolute atomic E-state index is 0. The minimum Gasteiger partial charge on any atom is -0.351 e. The molecule has 0 aliphatic rings. The van der Waals surface area contributed by atoms with Crippen LogP contribution in [0.2, 0.25) is 0 Å². The molecule has 2 aromatic rings. The molecule has 0 atom stereocenters. The third-order valence-electron chi connectivity index (χ3n) is 3.97. The Morgan fingerprint density at radius 3 is 2.25 bits per heavy atom. The van der Waals surface area contributed by atoms with Crippen LogP contribution in [0.1, 0.15) is 20.7 Å². The second kappa shape index (κ2) is 10.4. The highest BCUT2D eigenvalue weighted by molar-refractivity contribution is 6.09. The molecule has 1 N–H and O–H groups in total. The summed E-state index contributed by atoms with van der Waals surface area (Å²) in [6.07, 6.45) is 0. The van der Waals surface area contributed by atoms with Crippen LogP contribution in [0.4, 0.5) is 11.4 Å². The first-order chi connectivity index (χ1) is 12.8. The van der Waals surface area contributed by atoms with E-state index in [1.807, 2.05) is 19.0 Å². The molecule has 0 spiro atoms. The van der Waals surface area contributed by atoms with Crippen molar-refractivity contribution in [3.63, 3.8) is 0 Å². The lowest BCUT2D eigenvalue weighted by atomic mass is 10.1. The molecule has 0 saturated carbocycles. The zero-order valence-electron chi connectivity index (χ0n) is 15.9. The summed E-state index contributed by atoms with van der Waals surface area (Å²) in [5, 5.41) is 14.3.